The monoisotopic (exact) mass is 408 g/mol. The van der Waals surface area contributed by atoms with Crippen LogP contribution in [-0.4, -0.2) is 13.9 Å². The molecule has 4 aromatic rings. The minimum atomic E-state index is -0.257. The highest BCUT2D eigenvalue weighted by molar-refractivity contribution is 7.07. The highest BCUT2D eigenvalue weighted by Crippen LogP contribution is 2.17. The quantitative estimate of drug-likeness (QED) is 0.502. The van der Waals surface area contributed by atoms with Crippen molar-refractivity contribution in [3.05, 3.63) is 97.9 Å². The molecular formula is C22H21FN4OS. The van der Waals surface area contributed by atoms with Gasteiger partial charge in [-0.2, -0.15) is 0 Å². The van der Waals surface area contributed by atoms with E-state index < -0.39 is 0 Å². The van der Waals surface area contributed by atoms with Crippen LogP contribution < -0.4 is 10.4 Å². The summed E-state index contributed by atoms with van der Waals surface area (Å²) >= 11 is 1.49. The number of aromatic nitrogens is 3. The van der Waals surface area contributed by atoms with Crippen LogP contribution in [0.3, 0.4) is 0 Å². The molecule has 0 amide bonds. The van der Waals surface area contributed by atoms with Crippen molar-refractivity contribution in [1.82, 2.24) is 13.9 Å². The van der Waals surface area contributed by atoms with E-state index in [0.717, 1.165) is 27.4 Å². The molecule has 0 radical (unpaired) electrons. The first-order valence-corrected chi connectivity index (χ1v) is 10.1. The largest absolute Gasteiger partial charge is 0.317 e. The molecular weight excluding hydrogens is 387 g/mol. The molecule has 2 aromatic carbocycles. The minimum absolute atomic E-state index is 0.157. The van der Waals surface area contributed by atoms with Gasteiger partial charge in [0.25, 0.3) is 5.56 Å². The summed E-state index contributed by atoms with van der Waals surface area (Å²) in [5.74, 6) is -0.257. The van der Waals surface area contributed by atoms with Gasteiger partial charge in [-0.15, -0.1) is 11.3 Å². The van der Waals surface area contributed by atoms with Crippen molar-refractivity contribution in [2.75, 3.05) is 0 Å². The number of hydrogen-bond acceptors (Lipinski definition) is 3. The van der Waals surface area contributed by atoms with Crippen LogP contribution in [0.4, 0.5) is 10.1 Å². The first-order chi connectivity index (χ1) is 14.0. The summed E-state index contributed by atoms with van der Waals surface area (Å²) in [6, 6.07) is 16.0. The second kappa shape index (κ2) is 7.67. The summed E-state index contributed by atoms with van der Waals surface area (Å²) in [5, 5.41) is 2.01. The molecule has 29 heavy (non-hydrogen) atoms. The zero-order valence-corrected chi connectivity index (χ0v) is 17.3. The van der Waals surface area contributed by atoms with Gasteiger partial charge in [-0.3, -0.25) is 9.48 Å². The lowest BCUT2D eigenvalue weighted by molar-refractivity contribution is 0.626. The molecule has 0 aliphatic heterocycles. The van der Waals surface area contributed by atoms with Gasteiger partial charge < -0.3 is 4.57 Å². The van der Waals surface area contributed by atoms with E-state index in [1.165, 1.54) is 23.5 Å². The van der Waals surface area contributed by atoms with Gasteiger partial charge in [0.15, 0.2) is 10.5 Å². The van der Waals surface area contributed by atoms with Crippen molar-refractivity contribution in [1.29, 1.82) is 0 Å². The Morgan fingerprint density at radius 3 is 2.41 bits per heavy atom. The normalized spacial score (nSPS) is 11.9. The Bertz CT molecular complexity index is 1280. The lowest BCUT2D eigenvalue weighted by atomic mass is 10.2. The maximum Gasteiger partial charge on any atom is 0.297 e. The van der Waals surface area contributed by atoms with Gasteiger partial charge in [0.05, 0.1) is 17.9 Å². The third kappa shape index (κ3) is 3.61. The van der Waals surface area contributed by atoms with Crippen LogP contribution in [0.1, 0.15) is 17.0 Å². The molecule has 0 spiro atoms. The number of thiazole rings is 1. The van der Waals surface area contributed by atoms with E-state index in [2.05, 4.69) is 0 Å². The summed E-state index contributed by atoms with van der Waals surface area (Å²) in [4.78, 5) is 18.6. The third-order valence-corrected chi connectivity index (χ3v) is 5.96. The molecule has 4 rings (SSSR count). The number of nitrogens with zero attached hydrogens (tertiary/aromatic N) is 4. The molecule has 0 saturated heterocycles. The van der Waals surface area contributed by atoms with Crippen molar-refractivity contribution in [2.24, 2.45) is 12.0 Å². The Hall–Kier alpha value is -3.19. The fourth-order valence-corrected chi connectivity index (χ4v) is 4.13. The second-order valence-corrected chi connectivity index (χ2v) is 7.73. The number of rotatable bonds is 4. The van der Waals surface area contributed by atoms with Crippen molar-refractivity contribution in [3.8, 4) is 5.69 Å². The van der Waals surface area contributed by atoms with Crippen LogP contribution in [0.15, 0.2) is 69.8 Å². The van der Waals surface area contributed by atoms with Crippen LogP contribution in [0.5, 0.6) is 0 Å². The summed E-state index contributed by atoms with van der Waals surface area (Å²) in [7, 11) is 1.86. The van der Waals surface area contributed by atoms with Crippen LogP contribution in [0.25, 0.3) is 5.69 Å². The first kappa shape index (κ1) is 19.1. The molecule has 0 saturated carbocycles. The average Bonchev–Trinajstić information content (AvgIpc) is 3.17. The zero-order chi connectivity index (χ0) is 20.5. The zero-order valence-electron chi connectivity index (χ0n) is 16.5. The number of aryl methyl sites for hydroxylation is 1. The van der Waals surface area contributed by atoms with E-state index in [-0.39, 0.29) is 11.4 Å². The first-order valence-electron chi connectivity index (χ1n) is 9.24. The van der Waals surface area contributed by atoms with Crippen LogP contribution >= 0.6 is 11.3 Å². The van der Waals surface area contributed by atoms with Gasteiger partial charge >= 0.3 is 0 Å². The molecule has 0 fully saturated rings. The number of halogens is 1. The van der Waals surface area contributed by atoms with E-state index in [4.69, 9.17) is 4.99 Å². The van der Waals surface area contributed by atoms with Gasteiger partial charge in [-0.1, -0.05) is 30.3 Å². The van der Waals surface area contributed by atoms with E-state index in [1.807, 2.05) is 65.9 Å². The van der Waals surface area contributed by atoms with Crippen molar-refractivity contribution in [2.45, 2.75) is 20.4 Å². The molecule has 0 bridgehead atoms. The predicted molar refractivity (Wildman–Crippen MR) is 114 cm³/mol. The van der Waals surface area contributed by atoms with Crippen molar-refractivity contribution in [3.63, 3.8) is 0 Å². The van der Waals surface area contributed by atoms with Gasteiger partial charge in [0, 0.05) is 18.1 Å². The Kier molecular flexibility index (Phi) is 5.07. The summed E-state index contributed by atoms with van der Waals surface area (Å²) in [5.41, 5.74) is 3.86. The highest BCUT2D eigenvalue weighted by atomic mass is 32.1. The van der Waals surface area contributed by atoms with Crippen LogP contribution in [0.2, 0.25) is 0 Å². The molecule has 0 aliphatic carbocycles. The van der Waals surface area contributed by atoms with Gasteiger partial charge in [0.1, 0.15) is 5.82 Å². The fraction of sp³-hybridized carbons (Fsp3) is 0.182. The van der Waals surface area contributed by atoms with Crippen LogP contribution in [-0.2, 0) is 13.6 Å². The van der Waals surface area contributed by atoms with Gasteiger partial charge in [0.2, 0.25) is 0 Å². The molecule has 5 nitrogen and oxygen atoms in total. The molecule has 0 unspecified atom stereocenters. The lowest BCUT2D eigenvalue weighted by Gasteiger charge is -2.07. The van der Waals surface area contributed by atoms with Crippen molar-refractivity contribution >= 4 is 17.0 Å². The Morgan fingerprint density at radius 2 is 1.72 bits per heavy atom. The van der Waals surface area contributed by atoms with Gasteiger partial charge in [-0.25, -0.2) is 14.1 Å². The van der Waals surface area contributed by atoms with E-state index in [9.17, 15) is 9.18 Å². The maximum absolute atomic E-state index is 13.2. The Morgan fingerprint density at radius 1 is 1.03 bits per heavy atom. The molecule has 0 atom stereocenters. The Balaban J connectivity index is 1.82. The topological polar surface area (TPSA) is 44.2 Å². The fourth-order valence-electron chi connectivity index (χ4n) is 3.25. The average molecular weight is 409 g/mol. The second-order valence-electron chi connectivity index (χ2n) is 6.89. The highest BCUT2D eigenvalue weighted by Gasteiger charge is 2.16. The standard InChI is InChI=1S/C22H21FN4OS/c1-15-14-29-22(26(15)13-17-9-11-18(23)12-10-17)24-20-16(2)25(3)27(21(20)28)19-7-5-4-6-8-19/h4-12,14H,13H2,1-3H3. The Labute approximate surface area is 171 Å². The predicted octanol–water partition coefficient (Wildman–Crippen LogP) is 4.08. The number of hydrogen-bond donors (Lipinski definition) is 0. The third-order valence-electron chi connectivity index (χ3n) is 4.98. The molecule has 148 valence electrons. The molecule has 0 N–H and O–H groups in total. The minimum Gasteiger partial charge on any atom is -0.317 e. The number of benzene rings is 2. The van der Waals surface area contributed by atoms with Crippen molar-refractivity contribution < 1.29 is 4.39 Å². The molecule has 2 heterocycles. The van der Waals surface area contributed by atoms with E-state index in [1.54, 1.807) is 16.8 Å². The lowest BCUT2D eigenvalue weighted by Crippen LogP contribution is -2.20. The van der Waals surface area contributed by atoms with Gasteiger partial charge in [-0.05, 0) is 43.7 Å². The number of para-hydroxylation sites is 1. The molecule has 7 heteroatoms. The summed E-state index contributed by atoms with van der Waals surface area (Å²) < 4.78 is 18.7. The molecule has 2 aromatic heterocycles. The van der Waals surface area contributed by atoms with E-state index >= 15 is 0 Å². The SMILES string of the molecule is Cc1csc(=Nc2c(C)n(C)n(-c3ccccc3)c2=O)n1Cc1ccc(F)cc1. The maximum atomic E-state index is 13.2. The van der Waals surface area contributed by atoms with Crippen LogP contribution in [0, 0.1) is 19.7 Å². The molecule has 0 aliphatic rings. The summed E-state index contributed by atoms with van der Waals surface area (Å²) in [6.45, 7) is 4.46. The smallest absolute Gasteiger partial charge is 0.297 e. The summed E-state index contributed by atoms with van der Waals surface area (Å²) in [6.07, 6.45) is 0. The van der Waals surface area contributed by atoms with E-state index in [0.29, 0.717) is 12.2 Å².